The van der Waals surface area contributed by atoms with Gasteiger partial charge in [0, 0.05) is 17.6 Å². The van der Waals surface area contributed by atoms with Gasteiger partial charge in [-0.15, -0.1) is 0 Å². The predicted molar refractivity (Wildman–Crippen MR) is 120 cm³/mol. The van der Waals surface area contributed by atoms with E-state index in [1.807, 2.05) is 36.4 Å². The van der Waals surface area contributed by atoms with Crippen molar-refractivity contribution >= 4 is 39.5 Å². The fraction of sp³-hybridized carbons (Fsp3) is 0.304. The van der Waals surface area contributed by atoms with E-state index in [2.05, 4.69) is 26.1 Å². The number of benzene rings is 2. The van der Waals surface area contributed by atoms with Gasteiger partial charge in [-0.25, -0.2) is 0 Å². The fourth-order valence-corrected chi connectivity index (χ4v) is 4.11. The molecule has 1 N–H and O–H groups in total. The third kappa shape index (κ3) is 4.74. The number of ether oxygens (including phenoxy) is 1. The molecule has 0 spiro atoms. The minimum Gasteiger partial charge on any atom is -0.449 e. The molecule has 1 fully saturated rings. The van der Waals surface area contributed by atoms with Crippen LogP contribution in [-0.4, -0.2) is 49.4 Å². The molecule has 2 heterocycles. The van der Waals surface area contributed by atoms with Crippen molar-refractivity contribution < 1.29 is 14.3 Å². The highest BCUT2D eigenvalue weighted by Gasteiger charge is 2.31. The second kappa shape index (κ2) is 9.45. The topological polar surface area (TPSA) is 61.9 Å². The van der Waals surface area contributed by atoms with Gasteiger partial charge in [0.2, 0.25) is 5.91 Å². The van der Waals surface area contributed by atoms with Gasteiger partial charge in [0.05, 0.1) is 5.69 Å². The SMILES string of the molecule is O=C(CN1C(=O)C(=Cc2ccccc2Br)Oc2ccccc21)NCCN1CCCC1. The van der Waals surface area contributed by atoms with Gasteiger partial charge in [0.1, 0.15) is 6.54 Å². The lowest BCUT2D eigenvalue weighted by Crippen LogP contribution is -2.45. The second-order valence-electron chi connectivity index (χ2n) is 7.39. The summed E-state index contributed by atoms with van der Waals surface area (Å²) in [7, 11) is 0. The zero-order chi connectivity index (χ0) is 20.9. The van der Waals surface area contributed by atoms with Crippen molar-refractivity contribution in [1.82, 2.24) is 10.2 Å². The number of hydrogen-bond acceptors (Lipinski definition) is 4. The Kier molecular flexibility index (Phi) is 6.50. The fourth-order valence-electron chi connectivity index (χ4n) is 3.71. The number of nitrogens with one attached hydrogen (secondary N) is 1. The van der Waals surface area contributed by atoms with Gasteiger partial charge in [-0.2, -0.15) is 0 Å². The maximum atomic E-state index is 13.2. The van der Waals surface area contributed by atoms with E-state index in [-0.39, 0.29) is 24.1 Å². The lowest BCUT2D eigenvalue weighted by atomic mass is 10.1. The van der Waals surface area contributed by atoms with Crippen LogP contribution in [0, 0.1) is 0 Å². The molecule has 0 saturated carbocycles. The summed E-state index contributed by atoms with van der Waals surface area (Å²) in [5, 5.41) is 2.94. The molecule has 156 valence electrons. The van der Waals surface area contributed by atoms with E-state index in [1.54, 1.807) is 18.2 Å². The van der Waals surface area contributed by atoms with Crippen LogP contribution in [0.4, 0.5) is 5.69 Å². The smallest absolute Gasteiger partial charge is 0.294 e. The molecular formula is C23H24BrN3O3. The molecule has 30 heavy (non-hydrogen) atoms. The number of nitrogens with zero attached hydrogens (tertiary/aromatic N) is 2. The molecule has 0 aliphatic carbocycles. The second-order valence-corrected chi connectivity index (χ2v) is 8.24. The van der Waals surface area contributed by atoms with Crippen molar-refractivity contribution in [2.75, 3.05) is 37.6 Å². The molecule has 0 unspecified atom stereocenters. The van der Waals surface area contributed by atoms with E-state index in [0.29, 0.717) is 18.0 Å². The van der Waals surface area contributed by atoms with Gasteiger partial charge >= 0.3 is 0 Å². The first kappa shape index (κ1) is 20.6. The number of carbonyl (C=O) groups is 2. The van der Waals surface area contributed by atoms with Crippen molar-refractivity contribution in [2.24, 2.45) is 0 Å². The van der Waals surface area contributed by atoms with Crippen LogP contribution < -0.4 is 15.0 Å². The highest BCUT2D eigenvalue weighted by Crippen LogP contribution is 2.35. The minimum atomic E-state index is -0.334. The van der Waals surface area contributed by atoms with Crippen LogP contribution in [0.5, 0.6) is 5.75 Å². The maximum Gasteiger partial charge on any atom is 0.294 e. The van der Waals surface area contributed by atoms with Gasteiger partial charge in [0.25, 0.3) is 5.91 Å². The lowest BCUT2D eigenvalue weighted by molar-refractivity contribution is -0.123. The van der Waals surface area contributed by atoms with Crippen LogP contribution in [-0.2, 0) is 9.59 Å². The number of hydrogen-bond donors (Lipinski definition) is 1. The highest BCUT2D eigenvalue weighted by atomic mass is 79.9. The number of para-hydroxylation sites is 2. The van der Waals surface area contributed by atoms with E-state index >= 15 is 0 Å². The highest BCUT2D eigenvalue weighted by molar-refractivity contribution is 9.10. The largest absolute Gasteiger partial charge is 0.449 e. The van der Waals surface area contributed by atoms with E-state index in [0.717, 1.165) is 29.7 Å². The third-order valence-corrected chi connectivity index (χ3v) is 6.00. The predicted octanol–water partition coefficient (Wildman–Crippen LogP) is 3.43. The number of halogens is 1. The monoisotopic (exact) mass is 469 g/mol. The molecule has 7 heteroatoms. The molecule has 6 nitrogen and oxygen atoms in total. The van der Waals surface area contributed by atoms with E-state index in [4.69, 9.17) is 4.74 Å². The van der Waals surface area contributed by atoms with Crippen molar-refractivity contribution in [3.8, 4) is 5.75 Å². The van der Waals surface area contributed by atoms with Gasteiger partial charge in [-0.3, -0.25) is 14.5 Å². The first-order chi connectivity index (χ1) is 14.6. The minimum absolute atomic E-state index is 0.0491. The number of anilines is 1. The molecule has 0 aromatic heterocycles. The molecule has 2 aliphatic heterocycles. The van der Waals surface area contributed by atoms with Crippen molar-refractivity contribution in [3.63, 3.8) is 0 Å². The molecule has 0 radical (unpaired) electrons. The van der Waals surface area contributed by atoms with Crippen LogP contribution in [0.2, 0.25) is 0 Å². The van der Waals surface area contributed by atoms with Crippen LogP contribution in [0.25, 0.3) is 6.08 Å². The lowest BCUT2D eigenvalue weighted by Gasteiger charge is -2.30. The number of fused-ring (bicyclic) bond motifs is 1. The number of likely N-dealkylation sites (tertiary alicyclic amines) is 1. The van der Waals surface area contributed by atoms with E-state index in [1.165, 1.54) is 17.7 Å². The Morgan fingerprint density at radius 2 is 1.83 bits per heavy atom. The quantitative estimate of drug-likeness (QED) is 0.658. The Bertz CT molecular complexity index is 970. The molecule has 2 amide bonds. The summed E-state index contributed by atoms with van der Waals surface area (Å²) in [6.45, 7) is 3.56. The van der Waals surface area contributed by atoms with Crippen molar-refractivity contribution in [3.05, 3.63) is 64.3 Å². The Labute approximate surface area is 184 Å². The van der Waals surface area contributed by atoms with E-state index < -0.39 is 0 Å². The summed E-state index contributed by atoms with van der Waals surface area (Å²) >= 11 is 3.49. The molecule has 1 saturated heterocycles. The first-order valence-electron chi connectivity index (χ1n) is 10.2. The average Bonchev–Trinajstić information content (AvgIpc) is 3.26. The molecule has 0 bridgehead atoms. The number of rotatable bonds is 6. The zero-order valence-electron chi connectivity index (χ0n) is 16.6. The van der Waals surface area contributed by atoms with Gasteiger partial charge in [-0.05, 0) is 55.8 Å². The average molecular weight is 470 g/mol. The number of amides is 2. The summed E-state index contributed by atoms with van der Waals surface area (Å²) in [6.07, 6.45) is 4.14. The normalized spacial score (nSPS) is 17.7. The van der Waals surface area contributed by atoms with Gasteiger partial charge in [-0.1, -0.05) is 46.3 Å². The Balaban J connectivity index is 1.50. The van der Waals surface area contributed by atoms with Crippen molar-refractivity contribution in [1.29, 1.82) is 0 Å². The Morgan fingerprint density at radius 3 is 2.63 bits per heavy atom. The van der Waals surface area contributed by atoms with Crippen LogP contribution in [0.15, 0.2) is 58.8 Å². The summed E-state index contributed by atoms with van der Waals surface area (Å²) in [4.78, 5) is 29.5. The van der Waals surface area contributed by atoms with Crippen LogP contribution in [0.1, 0.15) is 18.4 Å². The molecular weight excluding hydrogens is 446 g/mol. The zero-order valence-corrected chi connectivity index (χ0v) is 18.2. The third-order valence-electron chi connectivity index (χ3n) is 5.27. The first-order valence-corrected chi connectivity index (χ1v) is 10.9. The summed E-state index contributed by atoms with van der Waals surface area (Å²) in [5.41, 5.74) is 1.43. The molecule has 2 aromatic rings. The van der Waals surface area contributed by atoms with Crippen LogP contribution >= 0.6 is 15.9 Å². The summed E-state index contributed by atoms with van der Waals surface area (Å²) < 4.78 is 6.73. The standard InChI is InChI=1S/C23H24BrN3O3/c24-18-8-2-1-7-17(18)15-21-23(29)27(19-9-3-4-10-20(19)30-21)16-22(28)25-11-14-26-12-5-6-13-26/h1-4,7-10,15H,5-6,11-14,16H2,(H,25,28). The number of carbonyl (C=O) groups excluding carboxylic acids is 2. The molecule has 2 aromatic carbocycles. The molecule has 4 rings (SSSR count). The van der Waals surface area contributed by atoms with Crippen molar-refractivity contribution in [2.45, 2.75) is 12.8 Å². The molecule has 0 atom stereocenters. The summed E-state index contributed by atoms with van der Waals surface area (Å²) in [6, 6.07) is 14.9. The van der Waals surface area contributed by atoms with Crippen LogP contribution in [0.3, 0.4) is 0 Å². The molecule has 2 aliphatic rings. The Morgan fingerprint density at radius 1 is 1.10 bits per heavy atom. The van der Waals surface area contributed by atoms with Gasteiger partial charge in [0.15, 0.2) is 11.5 Å². The van der Waals surface area contributed by atoms with E-state index in [9.17, 15) is 9.59 Å². The summed E-state index contributed by atoms with van der Waals surface area (Å²) in [5.74, 6) is 0.226. The maximum absolute atomic E-state index is 13.2. The van der Waals surface area contributed by atoms with Gasteiger partial charge < -0.3 is 15.0 Å². The Hall–Kier alpha value is -2.64.